The molecule has 3 heteroatoms. The molecule has 1 aliphatic carbocycles. The third-order valence-electron chi connectivity index (χ3n) is 6.99. The number of hydrogen-bond acceptors (Lipinski definition) is 2. The Hall–Kier alpha value is -1.61. The summed E-state index contributed by atoms with van der Waals surface area (Å²) in [6.45, 7) is 11.6. The van der Waals surface area contributed by atoms with E-state index in [2.05, 4.69) is 60.7 Å². The number of likely N-dealkylation sites (tertiary alicyclic amines) is 1. The van der Waals surface area contributed by atoms with Crippen LogP contribution in [0.5, 0.6) is 0 Å². The van der Waals surface area contributed by atoms with Crippen molar-refractivity contribution in [2.75, 3.05) is 19.6 Å². The topological polar surface area (TPSA) is 21.1 Å². The molecule has 2 unspecified atom stereocenters. The van der Waals surface area contributed by atoms with Crippen molar-refractivity contribution in [2.24, 2.45) is 11.8 Å². The molecule has 1 aromatic carbocycles. The van der Waals surface area contributed by atoms with Gasteiger partial charge in [-0.05, 0) is 76.1 Å². The van der Waals surface area contributed by atoms with Gasteiger partial charge in [-0.25, -0.2) is 0 Å². The fourth-order valence-electron chi connectivity index (χ4n) is 5.34. The summed E-state index contributed by atoms with van der Waals surface area (Å²) in [4.78, 5) is 2.74. The van der Waals surface area contributed by atoms with Crippen molar-refractivity contribution in [3.63, 3.8) is 0 Å². The molecule has 1 aromatic heterocycles. The van der Waals surface area contributed by atoms with E-state index in [1.807, 2.05) is 0 Å². The van der Waals surface area contributed by atoms with E-state index in [-0.39, 0.29) is 0 Å². The van der Waals surface area contributed by atoms with E-state index in [9.17, 15) is 0 Å². The highest BCUT2D eigenvalue weighted by molar-refractivity contribution is 5.27. The Morgan fingerprint density at radius 3 is 2.43 bits per heavy atom. The SMILES string of the molecule is CCn1nc(Cc2ccc(C)cc2)cc1C1CCN(CC2CCC(C)C2)CC1. The van der Waals surface area contributed by atoms with Gasteiger partial charge in [-0.3, -0.25) is 4.68 Å². The zero-order valence-corrected chi connectivity index (χ0v) is 18.0. The monoisotopic (exact) mass is 379 g/mol. The molecule has 1 aliphatic heterocycles. The van der Waals surface area contributed by atoms with Gasteiger partial charge in [-0.15, -0.1) is 0 Å². The van der Waals surface area contributed by atoms with Crippen LogP contribution in [0.25, 0.3) is 0 Å². The maximum Gasteiger partial charge on any atom is 0.0671 e. The van der Waals surface area contributed by atoms with Crippen LogP contribution in [0.2, 0.25) is 0 Å². The maximum atomic E-state index is 4.94. The molecule has 2 aromatic rings. The van der Waals surface area contributed by atoms with E-state index < -0.39 is 0 Å². The van der Waals surface area contributed by atoms with Crippen molar-refractivity contribution in [1.29, 1.82) is 0 Å². The molecule has 2 atom stereocenters. The Kier molecular flexibility index (Phi) is 6.20. The number of rotatable bonds is 6. The lowest BCUT2D eigenvalue weighted by molar-refractivity contribution is 0.179. The Balaban J connectivity index is 1.36. The van der Waals surface area contributed by atoms with Crippen molar-refractivity contribution in [3.05, 3.63) is 52.8 Å². The summed E-state index contributed by atoms with van der Waals surface area (Å²) in [6, 6.07) is 11.3. The lowest BCUT2D eigenvalue weighted by Crippen LogP contribution is -2.36. The number of aryl methyl sites for hydroxylation is 2. The molecule has 0 amide bonds. The van der Waals surface area contributed by atoms with Crippen LogP contribution < -0.4 is 0 Å². The first-order valence-electron chi connectivity index (χ1n) is 11.4. The Morgan fingerprint density at radius 1 is 1.04 bits per heavy atom. The van der Waals surface area contributed by atoms with Gasteiger partial charge >= 0.3 is 0 Å². The van der Waals surface area contributed by atoms with E-state index in [1.165, 1.54) is 74.3 Å². The molecule has 0 radical (unpaired) electrons. The first kappa shape index (κ1) is 19.7. The number of nitrogens with zero attached hydrogens (tertiary/aromatic N) is 3. The predicted octanol–water partition coefficient (Wildman–Crippen LogP) is 5.42. The minimum Gasteiger partial charge on any atom is -0.303 e. The zero-order valence-electron chi connectivity index (χ0n) is 18.0. The Bertz CT molecular complexity index is 753. The fraction of sp³-hybridized carbons (Fsp3) is 0.640. The van der Waals surface area contributed by atoms with Gasteiger partial charge in [0.1, 0.15) is 0 Å². The van der Waals surface area contributed by atoms with Crippen LogP contribution in [0.1, 0.15) is 74.4 Å². The molecular formula is C25H37N3. The lowest BCUT2D eigenvalue weighted by Gasteiger charge is -2.33. The standard InChI is InChI=1S/C25H37N3/c1-4-28-25(17-24(26-28)16-21-8-5-19(2)6-9-21)23-11-13-27(14-12-23)18-22-10-7-20(3)15-22/h5-6,8-9,17,20,22-23H,4,7,10-16,18H2,1-3H3. The molecule has 0 spiro atoms. The molecular weight excluding hydrogens is 342 g/mol. The molecule has 3 nitrogen and oxygen atoms in total. The highest BCUT2D eigenvalue weighted by Crippen LogP contribution is 2.33. The molecule has 152 valence electrons. The van der Waals surface area contributed by atoms with Crippen molar-refractivity contribution >= 4 is 0 Å². The summed E-state index contributed by atoms with van der Waals surface area (Å²) >= 11 is 0. The molecule has 2 fully saturated rings. The van der Waals surface area contributed by atoms with E-state index in [0.29, 0.717) is 5.92 Å². The van der Waals surface area contributed by atoms with E-state index >= 15 is 0 Å². The van der Waals surface area contributed by atoms with Crippen molar-refractivity contribution in [1.82, 2.24) is 14.7 Å². The molecule has 2 heterocycles. The summed E-state index contributed by atoms with van der Waals surface area (Å²) in [5.41, 5.74) is 5.38. The van der Waals surface area contributed by atoms with Gasteiger partial charge in [0, 0.05) is 31.1 Å². The second-order valence-corrected chi connectivity index (χ2v) is 9.40. The molecule has 1 saturated heterocycles. The third kappa shape index (κ3) is 4.68. The summed E-state index contributed by atoms with van der Waals surface area (Å²) < 4.78 is 2.27. The van der Waals surface area contributed by atoms with Crippen molar-refractivity contribution < 1.29 is 0 Å². The van der Waals surface area contributed by atoms with Crippen LogP contribution >= 0.6 is 0 Å². The van der Waals surface area contributed by atoms with Gasteiger partial charge < -0.3 is 4.90 Å². The third-order valence-corrected chi connectivity index (χ3v) is 6.99. The summed E-state index contributed by atoms with van der Waals surface area (Å²) in [5, 5.41) is 4.94. The van der Waals surface area contributed by atoms with Crippen LogP contribution in [-0.2, 0) is 13.0 Å². The fourth-order valence-corrected chi connectivity index (χ4v) is 5.34. The lowest BCUT2D eigenvalue weighted by atomic mass is 9.92. The van der Waals surface area contributed by atoms with Crippen molar-refractivity contribution in [2.45, 2.75) is 71.8 Å². The first-order chi connectivity index (χ1) is 13.6. The maximum absolute atomic E-state index is 4.94. The van der Waals surface area contributed by atoms with Gasteiger partial charge in [0.15, 0.2) is 0 Å². The molecule has 0 N–H and O–H groups in total. The Morgan fingerprint density at radius 2 is 1.79 bits per heavy atom. The average Bonchev–Trinajstić information content (AvgIpc) is 3.30. The van der Waals surface area contributed by atoms with Crippen LogP contribution in [-0.4, -0.2) is 34.3 Å². The molecule has 28 heavy (non-hydrogen) atoms. The highest BCUT2D eigenvalue weighted by atomic mass is 15.3. The first-order valence-corrected chi connectivity index (χ1v) is 11.4. The van der Waals surface area contributed by atoms with Crippen molar-refractivity contribution in [3.8, 4) is 0 Å². The van der Waals surface area contributed by atoms with Crippen LogP contribution in [0, 0.1) is 18.8 Å². The van der Waals surface area contributed by atoms with Gasteiger partial charge in [-0.2, -0.15) is 5.10 Å². The second-order valence-electron chi connectivity index (χ2n) is 9.40. The number of aromatic nitrogens is 2. The van der Waals surface area contributed by atoms with Gasteiger partial charge in [-0.1, -0.05) is 43.2 Å². The highest BCUT2D eigenvalue weighted by Gasteiger charge is 2.28. The number of piperidine rings is 1. The van der Waals surface area contributed by atoms with E-state index in [0.717, 1.165) is 24.8 Å². The summed E-state index contributed by atoms with van der Waals surface area (Å²) in [6.07, 6.45) is 7.87. The minimum absolute atomic E-state index is 0.679. The quantitative estimate of drug-likeness (QED) is 0.668. The number of benzene rings is 1. The zero-order chi connectivity index (χ0) is 19.5. The summed E-state index contributed by atoms with van der Waals surface area (Å²) in [5.74, 6) is 2.58. The predicted molar refractivity (Wildman–Crippen MR) is 117 cm³/mol. The Labute approximate surface area is 171 Å². The second kappa shape index (κ2) is 8.82. The number of hydrogen-bond donors (Lipinski definition) is 0. The summed E-state index contributed by atoms with van der Waals surface area (Å²) in [7, 11) is 0. The van der Waals surface area contributed by atoms with E-state index in [4.69, 9.17) is 5.10 Å². The average molecular weight is 380 g/mol. The normalized spacial score (nSPS) is 24.1. The molecule has 2 aliphatic rings. The molecule has 0 bridgehead atoms. The van der Waals surface area contributed by atoms with E-state index in [1.54, 1.807) is 0 Å². The van der Waals surface area contributed by atoms with Gasteiger partial charge in [0.05, 0.1) is 5.69 Å². The van der Waals surface area contributed by atoms with Crippen LogP contribution in [0.4, 0.5) is 0 Å². The minimum atomic E-state index is 0.679. The largest absolute Gasteiger partial charge is 0.303 e. The smallest absolute Gasteiger partial charge is 0.0671 e. The van der Waals surface area contributed by atoms with Crippen LogP contribution in [0.15, 0.2) is 30.3 Å². The molecule has 1 saturated carbocycles. The molecule has 4 rings (SSSR count). The van der Waals surface area contributed by atoms with Crippen LogP contribution in [0.3, 0.4) is 0 Å². The van der Waals surface area contributed by atoms with Gasteiger partial charge in [0.25, 0.3) is 0 Å². The van der Waals surface area contributed by atoms with Gasteiger partial charge in [0.2, 0.25) is 0 Å².